The van der Waals surface area contributed by atoms with E-state index in [1.54, 1.807) is 20.8 Å². The van der Waals surface area contributed by atoms with Gasteiger partial charge in [0.15, 0.2) is 0 Å². The second-order valence-electron chi connectivity index (χ2n) is 9.74. The standard InChI is InChI=1S/C23H31F3N4O5/c1-22(2,3)18(16(12-17(27)31)20(33)29-35)21(34)30-10-8-15(9-11-30)28-19(32)13-4-6-14(7-5-13)23(24,25)26/h4-7,15-16,18,35H,8-12H2,1-3H3,(H2,27,31)(H,28,32)(H,29,33)/t16?,18-/m1/s1. The van der Waals surface area contributed by atoms with Crippen LogP contribution in [-0.2, 0) is 20.6 Å². The molecule has 9 nitrogen and oxygen atoms in total. The number of hydrogen-bond donors (Lipinski definition) is 4. The number of carbonyl (C=O) groups is 4. The molecule has 1 aliphatic heterocycles. The highest BCUT2D eigenvalue weighted by atomic mass is 19.4. The summed E-state index contributed by atoms with van der Waals surface area (Å²) in [5, 5.41) is 11.9. The number of hydroxylamine groups is 1. The number of rotatable bonds is 7. The number of alkyl halides is 3. The highest BCUT2D eigenvalue weighted by molar-refractivity contribution is 5.94. The molecule has 5 N–H and O–H groups in total. The van der Waals surface area contributed by atoms with Crippen molar-refractivity contribution in [3.05, 3.63) is 35.4 Å². The molecule has 0 saturated carbocycles. The largest absolute Gasteiger partial charge is 0.416 e. The second kappa shape index (κ2) is 11.1. The fourth-order valence-corrected chi connectivity index (χ4v) is 4.33. The van der Waals surface area contributed by atoms with Crippen LogP contribution in [0.2, 0.25) is 0 Å². The van der Waals surface area contributed by atoms with Gasteiger partial charge in [0.2, 0.25) is 17.7 Å². The van der Waals surface area contributed by atoms with E-state index in [2.05, 4.69) is 5.32 Å². The normalized spacial score (nSPS) is 16.8. The summed E-state index contributed by atoms with van der Waals surface area (Å²) in [6.07, 6.45) is -4.13. The molecule has 1 fully saturated rings. The summed E-state index contributed by atoms with van der Waals surface area (Å²) in [6.45, 7) is 5.74. The Kier molecular flexibility index (Phi) is 8.88. The number of piperidine rings is 1. The van der Waals surface area contributed by atoms with Crippen LogP contribution in [0.5, 0.6) is 0 Å². The molecule has 0 aliphatic carbocycles. The monoisotopic (exact) mass is 500 g/mol. The predicted octanol–water partition coefficient (Wildman–Crippen LogP) is 2.09. The topological polar surface area (TPSA) is 142 Å². The van der Waals surface area contributed by atoms with Crippen molar-refractivity contribution in [2.24, 2.45) is 23.0 Å². The molecule has 194 valence electrons. The minimum absolute atomic E-state index is 0.0913. The molecule has 1 aromatic rings. The van der Waals surface area contributed by atoms with Gasteiger partial charge in [0.25, 0.3) is 5.91 Å². The lowest BCUT2D eigenvalue weighted by molar-refractivity contribution is -0.151. The Bertz CT molecular complexity index is 936. The fraction of sp³-hybridized carbons (Fsp3) is 0.565. The minimum Gasteiger partial charge on any atom is -0.370 e. The Morgan fingerprint density at radius 1 is 1.09 bits per heavy atom. The highest BCUT2D eigenvalue weighted by Gasteiger charge is 2.44. The van der Waals surface area contributed by atoms with Gasteiger partial charge in [-0.05, 0) is 42.5 Å². The van der Waals surface area contributed by atoms with Crippen LogP contribution in [0.1, 0.15) is 56.0 Å². The quantitative estimate of drug-likeness (QED) is 0.335. The fourth-order valence-electron chi connectivity index (χ4n) is 4.33. The molecule has 0 radical (unpaired) electrons. The Morgan fingerprint density at radius 2 is 1.63 bits per heavy atom. The van der Waals surface area contributed by atoms with E-state index in [-0.39, 0.29) is 30.6 Å². The smallest absolute Gasteiger partial charge is 0.370 e. The van der Waals surface area contributed by atoms with E-state index in [9.17, 15) is 32.3 Å². The lowest BCUT2D eigenvalue weighted by atomic mass is 9.70. The molecular weight excluding hydrogens is 469 g/mol. The van der Waals surface area contributed by atoms with Crippen LogP contribution in [0.25, 0.3) is 0 Å². The second-order valence-corrected chi connectivity index (χ2v) is 9.74. The third-order valence-corrected chi connectivity index (χ3v) is 6.09. The molecule has 2 atom stereocenters. The molecule has 1 unspecified atom stereocenters. The van der Waals surface area contributed by atoms with Crippen LogP contribution in [0.3, 0.4) is 0 Å². The molecule has 1 aromatic carbocycles. The van der Waals surface area contributed by atoms with Crippen molar-refractivity contribution in [1.29, 1.82) is 0 Å². The SMILES string of the molecule is CC(C)(C)[C@@H](C(=O)N1CCC(NC(=O)c2ccc(C(F)(F)F)cc2)CC1)C(CC(N)=O)C(=O)NO. The number of nitrogens with one attached hydrogen (secondary N) is 2. The number of hydrogen-bond acceptors (Lipinski definition) is 5. The predicted molar refractivity (Wildman–Crippen MR) is 119 cm³/mol. The first kappa shape index (κ1) is 28.1. The van der Waals surface area contributed by atoms with Gasteiger partial charge < -0.3 is 16.0 Å². The van der Waals surface area contributed by atoms with Crippen LogP contribution in [0.15, 0.2) is 24.3 Å². The Labute approximate surface area is 201 Å². The third-order valence-electron chi connectivity index (χ3n) is 6.09. The zero-order valence-electron chi connectivity index (χ0n) is 19.8. The van der Waals surface area contributed by atoms with Crippen LogP contribution in [-0.4, -0.2) is 52.9 Å². The van der Waals surface area contributed by atoms with Crippen molar-refractivity contribution >= 4 is 23.6 Å². The molecule has 35 heavy (non-hydrogen) atoms. The average molecular weight is 501 g/mol. The van der Waals surface area contributed by atoms with E-state index in [0.717, 1.165) is 24.3 Å². The van der Waals surface area contributed by atoms with Gasteiger partial charge in [-0.1, -0.05) is 20.8 Å². The summed E-state index contributed by atoms with van der Waals surface area (Å²) in [5.41, 5.74) is 5.28. The molecule has 0 spiro atoms. The molecule has 1 aliphatic rings. The summed E-state index contributed by atoms with van der Waals surface area (Å²) in [4.78, 5) is 51.2. The molecule has 0 aromatic heterocycles. The first-order valence-electron chi connectivity index (χ1n) is 11.1. The number of halogens is 3. The van der Waals surface area contributed by atoms with Gasteiger partial charge >= 0.3 is 6.18 Å². The van der Waals surface area contributed by atoms with Gasteiger partial charge in [-0.2, -0.15) is 13.2 Å². The van der Waals surface area contributed by atoms with Gasteiger partial charge in [-0.3, -0.25) is 24.4 Å². The zero-order valence-corrected chi connectivity index (χ0v) is 19.8. The average Bonchev–Trinajstić information content (AvgIpc) is 2.76. The number of amides is 4. The molecule has 4 amide bonds. The lowest BCUT2D eigenvalue weighted by Gasteiger charge is -2.40. The van der Waals surface area contributed by atoms with Crippen LogP contribution >= 0.6 is 0 Å². The highest BCUT2D eigenvalue weighted by Crippen LogP contribution is 2.36. The van der Waals surface area contributed by atoms with Crippen molar-refractivity contribution in [1.82, 2.24) is 15.7 Å². The van der Waals surface area contributed by atoms with Crippen molar-refractivity contribution < 1.29 is 37.6 Å². The Hall–Kier alpha value is -3.15. The zero-order chi connectivity index (χ0) is 26.6. The van der Waals surface area contributed by atoms with E-state index in [1.807, 2.05) is 0 Å². The van der Waals surface area contributed by atoms with Gasteiger partial charge in [0, 0.05) is 31.1 Å². The number of benzene rings is 1. The number of likely N-dealkylation sites (tertiary alicyclic amines) is 1. The summed E-state index contributed by atoms with van der Waals surface area (Å²) in [5.74, 6) is -4.67. The number of primary amides is 1. The van der Waals surface area contributed by atoms with Crippen molar-refractivity contribution in [2.75, 3.05) is 13.1 Å². The maximum absolute atomic E-state index is 13.4. The minimum atomic E-state index is -4.49. The van der Waals surface area contributed by atoms with Crippen LogP contribution < -0.4 is 16.5 Å². The summed E-state index contributed by atoms with van der Waals surface area (Å²) in [7, 11) is 0. The first-order valence-corrected chi connectivity index (χ1v) is 11.1. The lowest BCUT2D eigenvalue weighted by Crippen LogP contribution is -2.53. The van der Waals surface area contributed by atoms with E-state index in [1.165, 1.54) is 10.4 Å². The molecule has 1 saturated heterocycles. The van der Waals surface area contributed by atoms with E-state index in [0.29, 0.717) is 12.8 Å². The van der Waals surface area contributed by atoms with Crippen molar-refractivity contribution in [3.63, 3.8) is 0 Å². The van der Waals surface area contributed by atoms with E-state index >= 15 is 0 Å². The Morgan fingerprint density at radius 3 is 2.06 bits per heavy atom. The van der Waals surface area contributed by atoms with Gasteiger partial charge in [0.05, 0.1) is 17.4 Å². The summed E-state index contributed by atoms with van der Waals surface area (Å²) >= 11 is 0. The van der Waals surface area contributed by atoms with Crippen LogP contribution in [0.4, 0.5) is 13.2 Å². The number of nitrogens with two attached hydrogens (primary N) is 1. The molecule has 1 heterocycles. The molecule has 2 rings (SSSR count). The summed E-state index contributed by atoms with van der Waals surface area (Å²) < 4.78 is 38.1. The van der Waals surface area contributed by atoms with E-state index < -0.39 is 53.1 Å². The van der Waals surface area contributed by atoms with Gasteiger partial charge in [-0.15, -0.1) is 0 Å². The number of carbonyl (C=O) groups excluding carboxylic acids is 4. The Balaban J connectivity index is 2.05. The van der Waals surface area contributed by atoms with Gasteiger partial charge in [-0.25, -0.2) is 5.48 Å². The molecular formula is C23H31F3N4O5. The maximum Gasteiger partial charge on any atom is 0.416 e. The molecule has 12 heteroatoms. The van der Waals surface area contributed by atoms with Crippen molar-refractivity contribution in [2.45, 2.75) is 52.3 Å². The van der Waals surface area contributed by atoms with E-state index in [4.69, 9.17) is 10.9 Å². The van der Waals surface area contributed by atoms with Crippen molar-refractivity contribution in [3.8, 4) is 0 Å². The molecule has 0 bridgehead atoms. The van der Waals surface area contributed by atoms with Crippen LogP contribution in [0, 0.1) is 17.3 Å². The first-order chi connectivity index (χ1) is 16.1. The summed E-state index contributed by atoms with van der Waals surface area (Å²) in [6, 6.07) is 3.59. The maximum atomic E-state index is 13.4. The van der Waals surface area contributed by atoms with Gasteiger partial charge in [0.1, 0.15) is 0 Å². The number of nitrogens with zero attached hydrogens (tertiary/aromatic N) is 1. The third kappa shape index (κ3) is 7.41.